The fourth-order valence-electron chi connectivity index (χ4n) is 2.03. The molecule has 0 radical (unpaired) electrons. The average Bonchev–Trinajstić information content (AvgIpc) is 2.61. The number of anilines is 1. The molecular weight excluding hydrogens is 250 g/mol. The molecular formula is C13H12ClN3O. The Morgan fingerprint density at radius 3 is 2.89 bits per heavy atom. The van der Waals surface area contributed by atoms with Crippen LogP contribution < -0.4 is 9.64 Å². The standard InChI is InChI=1S/C13H12ClN3O/c14-12-13(16-6-5-15-12)17-7-8-18-11-4-2-1-3-10(11)9-17/h1-6H,7-9H2. The van der Waals surface area contributed by atoms with Gasteiger partial charge in [0.25, 0.3) is 0 Å². The normalized spacial score (nSPS) is 14.6. The number of aromatic nitrogens is 2. The van der Waals surface area contributed by atoms with Crippen molar-refractivity contribution in [1.82, 2.24) is 9.97 Å². The van der Waals surface area contributed by atoms with Gasteiger partial charge in [-0.25, -0.2) is 9.97 Å². The molecule has 0 saturated carbocycles. The van der Waals surface area contributed by atoms with Crippen LogP contribution in [0.3, 0.4) is 0 Å². The summed E-state index contributed by atoms with van der Waals surface area (Å²) in [7, 11) is 0. The Labute approximate surface area is 110 Å². The maximum Gasteiger partial charge on any atom is 0.171 e. The minimum Gasteiger partial charge on any atom is -0.491 e. The molecule has 0 bridgehead atoms. The summed E-state index contributed by atoms with van der Waals surface area (Å²) in [6, 6.07) is 8.02. The van der Waals surface area contributed by atoms with Crippen LogP contribution in [0.15, 0.2) is 36.7 Å². The van der Waals surface area contributed by atoms with E-state index in [4.69, 9.17) is 16.3 Å². The average molecular weight is 262 g/mol. The predicted molar refractivity (Wildman–Crippen MR) is 70.0 cm³/mol. The van der Waals surface area contributed by atoms with E-state index in [1.54, 1.807) is 12.4 Å². The molecule has 0 spiro atoms. The number of hydrogen-bond donors (Lipinski definition) is 0. The van der Waals surface area contributed by atoms with Crippen LogP contribution in [0, 0.1) is 0 Å². The lowest BCUT2D eigenvalue weighted by Crippen LogP contribution is -2.26. The Bertz CT molecular complexity index is 561. The van der Waals surface area contributed by atoms with Crippen molar-refractivity contribution in [3.05, 3.63) is 47.4 Å². The Kier molecular flexibility index (Phi) is 3.02. The first-order chi connectivity index (χ1) is 8.84. The molecule has 1 aliphatic heterocycles. The molecule has 5 heteroatoms. The number of hydrogen-bond acceptors (Lipinski definition) is 4. The van der Waals surface area contributed by atoms with Gasteiger partial charge in [-0.1, -0.05) is 29.8 Å². The highest BCUT2D eigenvalue weighted by atomic mass is 35.5. The van der Waals surface area contributed by atoms with Crippen LogP contribution in [0.4, 0.5) is 5.82 Å². The van der Waals surface area contributed by atoms with Crippen LogP contribution in [0.5, 0.6) is 5.75 Å². The van der Waals surface area contributed by atoms with Crippen LogP contribution >= 0.6 is 11.6 Å². The van der Waals surface area contributed by atoms with Crippen LogP contribution in [0.1, 0.15) is 5.56 Å². The van der Waals surface area contributed by atoms with Crippen molar-refractivity contribution in [2.45, 2.75) is 6.54 Å². The van der Waals surface area contributed by atoms with Gasteiger partial charge in [0.15, 0.2) is 11.0 Å². The lowest BCUT2D eigenvalue weighted by atomic mass is 10.2. The highest BCUT2D eigenvalue weighted by Gasteiger charge is 2.18. The van der Waals surface area contributed by atoms with Crippen molar-refractivity contribution in [3.8, 4) is 5.75 Å². The van der Waals surface area contributed by atoms with E-state index in [0.29, 0.717) is 17.6 Å². The Morgan fingerprint density at radius 2 is 2.00 bits per heavy atom. The molecule has 92 valence electrons. The van der Waals surface area contributed by atoms with E-state index in [9.17, 15) is 0 Å². The lowest BCUT2D eigenvalue weighted by Gasteiger charge is -2.21. The SMILES string of the molecule is Clc1nccnc1N1CCOc2ccccc2C1. The second kappa shape index (κ2) is 4.82. The number of benzene rings is 1. The molecule has 0 fully saturated rings. The molecule has 0 unspecified atom stereocenters. The van der Waals surface area contributed by atoms with Crippen LogP contribution in [-0.2, 0) is 6.54 Å². The van der Waals surface area contributed by atoms with E-state index in [1.165, 1.54) is 0 Å². The van der Waals surface area contributed by atoms with Gasteiger partial charge >= 0.3 is 0 Å². The molecule has 0 aliphatic carbocycles. The van der Waals surface area contributed by atoms with E-state index in [2.05, 4.69) is 20.9 Å². The van der Waals surface area contributed by atoms with E-state index in [0.717, 1.165) is 24.4 Å². The largest absolute Gasteiger partial charge is 0.491 e. The summed E-state index contributed by atoms with van der Waals surface area (Å²) in [5, 5.41) is 0.428. The van der Waals surface area contributed by atoms with Gasteiger partial charge in [-0.2, -0.15) is 0 Å². The number of ether oxygens (including phenoxy) is 1. The zero-order chi connectivity index (χ0) is 12.4. The number of para-hydroxylation sites is 1. The van der Waals surface area contributed by atoms with Crippen molar-refractivity contribution in [2.24, 2.45) is 0 Å². The smallest absolute Gasteiger partial charge is 0.171 e. The fraction of sp³-hybridized carbons (Fsp3) is 0.231. The molecule has 1 aromatic carbocycles. The Balaban J connectivity index is 1.94. The maximum absolute atomic E-state index is 6.08. The maximum atomic E-state index is 6.08. The molecule has 2 aromatic rings. The molecule has 4 nitrogen and oxygen atoms in total. The predicted octanol–water partition coefficient (Wildman–Crippen LogP) is 2.53. The molecule has 0 amide bonds. The molecule has 1 aromatic heterocycles. The van der Waals surface area contributed by atoms with Crippen molar-refractivity contribution >= 4 is 17.4 Å². The molecule has 0 saturated heterocycles. The summed E-state index contributed by atoms with van der Waals surface area (Å²) in [6.45, 7) is 2.09. The third-order valence-electron chi connectivity index (χ3n) is 2.89. The molecule has 1 aliphatic rings. The second-order valence-corrected chi connectivity index (χ2v) is 4.41. The highest BCUT2D eigenvalue weighted by Crippen LogP contribution is 2.27. The molecule has 0 atom stereocenters. The fourth-order valence-corrected chi connectivity index (χ4v) is 2.26. The summed E-state index contributed by atoms with van der Waals surface area (Å²) >= 11 is 6.08. The minimum absolute atomic E-state index is 0.428. The van der Waals surface area contributed by atoms with Gasteiger partial charge in [-0.05, 0) is 6.07 Å². The summed E-state index contributed by atoms with van der Waals surface area (Å²) in [5.74, 6) is 1.64. The van der Waals surface area contributed by atoms with Crippen molar-refractivity contribution in [2.75, 3.05) is 18.1 Å². The lowest BCUT2D eigenvalue weighted by molar-refractivity contribution is 0.331. The van der Waals surface area contributed by atoms with Gasteiger partial charge < -0.3 is 9.64 Å². The van der Waals surface area contributed by atoms with E-state index in [-0.39, 0.29) is 0 Å². The zero-order valence-corrected chi connectivity index (χ0v) is 10.5. The van der Waals surface area contributed by atoms with Crippen molar-refractivity contribution < 1.29 is 4.74 Å². The van der Waals surface area contributed by atoms with Gasteiger partial charge in [-0.3, -0.25) is 0 Å². The van der Waals surface area contributed by atoms with E-state index < -0.39 is 0 Å². The van der Waals surface area contributed by atoms with Crippen LogP contribution in [0.2, 0.25) is 5.15 Å². The van der Waals surface area contributed by atoms with Crippen molar-refractivity contribution in [1.29, 1.82) is 0 Å². The third-order valence-corrected chi connectivity index (χ3v) is 3.15. The summed E-state index contributed by atoms with van der Waals surface area (Å²) in [4.78, 5) is 10.4. The molecule has 0 N–H and O–H groups in total. The monoisotopic (exact) mass is 261 g/mol. The van der Waals surface area contributed by atoms with Crippen LogP contribution in [-0.4, -0.2) is 23.1 Å². The summed E-state index contributed by atoms with van der Waals surface area (Å²) in [5.41, 5.74) is 1.14. The minimum atomic E-state index is 0.428. The van der Waals surface area contributed by atoms with Crippen molar-refractivity contribution in [3.63, 3.8) is 0 Å². The first kappa shape index (κ1) is 11.3. The molecule has 2 heterocycles. The Morgan fingerprint density at radius 1 is 1.17 bits per heavy atom. The molecule has 18 heavy (non-hydrogen) atoms. The topological polar surface area (TPSA) is 38.2 Å². The van der Waals surface area contributed by atoms with Gasteiger partial charge in [0.2, 0.25) is 0 Å². The number of fused-ring (bicyclic) bond motifs is 1. The van der Waals surface area contributed by atoms with E-state index in [1.807, 2.05) is 18.2 Å². The van der Waals surface area contributed by atoms with Gasteiger partial charge in [-0.15, -0.1) is 0 Å². The third kappa shape index (κ3) is 2.11. The van der Waals surface area contributed by atoms with Crippen LogP contribution in [0.25, 0.3) is 0 Å². The van der Waals surface area contributed by atoms with E-state index >= 15 is 0 Å². The van der Waals surface area contributed by atoms with Gasteiger partial charge in [0, 0.05) is 24.5 Å². The second-order valence-electron chi connectivity index (χ2n) is 4.05. The Hall–Kier alpha value is -1.81. The quantitative estimate of drug-likeness (QED) is 0.791. The zero-order valence-electron chi connectivity index (χ0n) is 9.71. The number of rotatable bonds is 1. The highest BCUT2D eigenvalue weighted by molar-refractivity contribution is 6.31. The summed E-state index contributed by atoms with van der Waals surface area (Å²) in [6.07, 6.45) is 3.24. The first-order valence-corrected chi connectivity index (χ1v) is 6.14. The molecule has 3 rings (SSSR count). The summed E-state index contributed by atoms with van der Waals surface area (Å²) < 4.78 is 5.71. The first-order valence-electron chi connectivity index (χ1n) is 5.77. The number of nitrogens with zero attached hydrogens (tertiary/aromatic N) is 3. The van der Waals surface area contributed by atoms with Gasteiger partial charge in [0.1, 0.15) is 12.4 Å². The number of halogens is 1. The van der Waals surface area contributed by atoms with Gasteiger partial charge in [0.05, 0.1) is 6.54 Å².